The predicted octanol–water partition coefficient (Wildman–Crippen LogP) is -0.973. The van der Waals surface area contributed by atoms with Gasteiger partial charge in [-0.1, -0.05) is 26.0 Å². The van der Waals surface area contributed by atoms with Gasteiger partial charge in [-0.05, 0) is 30.0 Å². The molecular weight excluding hydrogens is 223 g/mol. The summed E-state index contributed by atoms with van der Waals surface area (Å²) < 4.78 is 32.6. The standard InChI is InChI=1S/C10H14O3S.Na/c1-7(2)9-5-4-6-10(8(9)3)14(11,12)13;/h4-7H,1-3H3,(H,11,12,13);/q;+1/p-1. The van der Waals surface area contributed by atoms with Crippen molar-refractivity contribution in [3.63, 3.8) is 0 Å². The molecule has 1 aromatic carbocycles. The summed E-state index contributed by atoms with van der Waals surface area (Å²) in [6, 6.07) is 4.80. The molecule has 0 saturated carbocycles. The van der Waals surface area contributed by atoms with Gasteiger partial charge >= 0.3 is 29.6 Å². The van der Waals surface area contributed by atoms with Crippen LogP contribution in [0.15, 0.2) is 23.1 Å². The van der Waals surface area contributed by atoms with Crippen molar-refractivity contribution >= 4 is 10.1 Å². The Morgan fingerprint density at radius 3 is 2.20 bits per heavy atom. The molecule has 0 aliphatic rings. The van der Waals surface area contributed by atoms with Crippen LogP contribution in [0.1, 0.15) is 30.9 Å². The van der Waals surface area contributed by atoms with Crippen LogP contribution < -0.4 is 29.6 Å². The molecule has 3 nitrogen and oxygen atoms in total. The van der Waals surface area contributed by atoms with E-state index in [1.807, 2.05) is 19.9 Å². The number of hydrogen-bond donors (Lipinski definition) is 0. The van der Waals surface area contributed by atoms with E-state index in [-0.39, 0.29) is 40.4 Å². The smallest absolute Gasteiger partial charge is 0.744 e. The van der Waals surface area contributed by atoms with E-state index in [4.69, 9.17) is 0 Å². The van der Waals surface area contributed by atoms with Gasteiger partial charge in [0, 0.05) is 0 Å². The maximum absolute atomic E-state index is 10.9. The van der Waals surface area contributed by atoms with Gasteiger partial charge in [0.2, 0.25) is 0 Å². The van der Waals surface area contributed by atoms with Gasteiger partial charge in [-0.25, -0.2) is 8.42 Å². The van der Waals surface area contributed by atoms with Gasteiger partial charge in [0.05, 0.1) is 4.90 Å². The van der Waals surface area contributed by atoms with E-state index in [9.17, 15) is 13.0 Å². The number of hydrogen-bond acceptors (Lipinski definition) is 3. The monoisotopic (exact) mass is 236 g/mol. The molecule has 1 aromatic rings. The van der Waals surface area contributed by atoms with Gasteiger partial charge in [0.1, 0.15) is 10.1 Å². The zero-order valence-electron chi connectivity index (χ0n) is 9.44. The molecular formula is C10H13NaO3S. The molecule has 0 aliphatic heterocycles. The van der Waals surface area contributed by atoms with Gasteiger partial charge in [0.25, 0.3) is 0 Å². The van der Waals surface area contributed by atoms with Crippen LogP contribution in [0.4, 0.5) is 0 Å². The second-order valence-electron chi connectivity index (χ2n) is 3.58. The van der Waals surface area contributed by atoms with Crippen molar-refractivity contribution in [3.8, 4) is 0 Å². The maximum Gasteiger partial charge on any atom is 1.00 e. The third-order valence-corrected chi connectivity index (χ3v) is 3.20. The van der Waals surface area contributed by atoms with E-state index in [1.165, 1.54) is 6.07 Å². The summed E-state index contributed by atoms with van der Waals surface area (Å²) in [5, 5.41) is 0. The SMILES string of the molecule is Cc1c(C(C)C)cccc1S(=O)(=O)[O-].[Na+]. The normalized spacial score (nSPS) is 11.3. The Hall–Kier alpha value is 0.130. The summed E-state index contributed by atoms with van der Waals surface area (Å²) in [6.07, 6.45) is 0. The molecule has 0 unspecified atom stereocenters. The van der Waals surface area contributed by atoms with E-state index >= 15 is 0 Å². The first-order valence-electron chi connectivity index (χ1n) is 4.39. The van der Waals surface area contributed by atoms with Crippen molar-refractivity contribution in [2.45, 2.75) is 31.6 Å². The van der Waals surface area contributed by atoms with E-state index in [2.05, 4.69) is 0 Å². The van der Waals surface area contributed by atoms with Crippen molar-refractivity contribution in [2.75, 3.05) is 0 Å². The molecule has 0 saturated heterocycles. The van der Waals surface area contributed by atoms with Gasteiger partial charge in [-0.2, -0.15) is 0 Å². The molecule has 1 rings (SSSR count). The topological polar surface area (TPSA) is 57.2 Å². The van der Waals surface area contributed by atoms with Crippen LogP contribution in [0.2, 0.25) is 0 Å². The fourth-order valence-electron chi connectivity index (χ4n) is 1.53. The largest absolute Gasteiger partial charge is 1.00 e. The minimum absolute atomic E-state index is 0. The Morgan fingerprint density at radius 2 is 1.80 bits per heavy atom. The van der Waals surface area contributed by atoms with E-state index in [0.29, 0.717) is 5.56 Å². The first-order valence-corrected chi connectivity index (χ1v) is 5.80. The molecule has 0 aliphatic carbocycles. The number of benzene rings is 1. The molecule has 0 bridgehead atoms. The molecule has 0 radical (unpaired) electrons. The second kappa shape index (κ2) is 5.46. The van der Waals surface area contributed by atoms with Crippen LogP contribution in [-0.4, -0.2) is 13.0 Å². The fourth-order valence-corrected chi connectivity index (χ4v) is 2.27. The molecule has 0 heterocycles. The Morgan fingerprint density at radius 1 is 1.27 bits per heavy atom. The summed E-state index contributed by atoms with van der Waals surface area (Å²) in [5.74, 6) is 0.219. The summed E-state index contributed by atoms with van der Waals surface area (Å²) in [6.45, 7) is 5.59. The maximum atomic E-state index is 10.9. The van der Waals surface area contributed by atoms with Crippen LogP contribution in [0.25, 0.3) is 0 Å². The molecule has 0 N–H and O–H groups in total. The Balaban J connectivity index is 0.00000196. The fraction of sp³-hybridized carbons (Fsp3) is 0.400. The van der Waals surface area contributed by atoms with E-state index in [0.717, 1.165) is 5.56 Å². The van der Waals surface area contributed by atoms with Gasteiger partial charge in [-0.3, -0.25) is 0 Å². The second-order valence-corrected chi connectivity index (χ2v) is 4.93. The minimum atomic E-state index is -4.34. The third-order valence-electron chi connectivity index (χ3n) is 2.22. The summed E-state index contributed by atoms with van der Waals surface area (Å²) in [7, 11) is -4.34. The molecule has 78 valence electrons. The first kappa shape index (κ1) is 15.1. The molecule has 0 atom stereocenters. The van der Waals surface area contributed by atoms with Crippen LogP contribution >= 0.6 is 0 Å². The predicted molar refractivity (Wildman–Crippen MR) is 53.2 cm³/mol. The first-order chi connectivity index (χ1) is 6.34. The summed E-state index contributed by atoms with van der Waals surface area (Å²) in [4.78, 5) is -0.108. The summed E-state index contributed by atoms with van der Waals surface area (Å²) >= 11 is 0. The van der Waals surface area contributed by atoms with Gasteiger partial charge in [-0.15, -0.1) is 0 Å². The molecule has 0 aromatic heterocycles. The Labute approximate surface area is 113 Å². The molecule has 0 spiro atoms. The van der Waals surface area contributed by atoms with Crippen molar-refractivity contribution in [1.82, 2.24) is 0 Å². The van der Waals surface area contributed by atoms with Crippen molar-refractivity contribution < 1.29 is 42.5 Å². The zero-order valence-corrected chi connectivity index (χ0v) is 12.3. The van der Waals surface area contributed by atoms with Crippen LogP contribution in [-0.2, 0) is 10.1 Å². The molecule has 0 amide bonds. The molecule has 5 heteroatoms. The third kappa shape index (κ3) is 3.57. The average molecular weight is 236 g/mol. The van der Waals surface area contributed by atoms with Crippen molar-refractivity contribution in [1.29, 1.82) is 0 Å². The molecule has 15 heavy (non-hydrogen) atoms. The average Bonchev–Trinajstić information content (AvgIpc) is 2.01. The Bertz CT molecular complexity index is 438. The van der Waals surface area contributed by atoms with Crippen LogP contribution in [0.5, 0.6) is 0 Å². The summed E-state index contributed by atoms with van der Waals surface area (Å²) in [5.41, 5.74) is 1.47. The minimum Gasteiger partial charge on any atom is -0.744 e. The zero-order chi connectivity index (χ0) is 10.9. The van der Waals surface area contributed by atoms with Gasteiger partial charge in [0.15, 0.2) is 0 Å². The van der Waals surface area contributed by atoms with Crippen molar-refractivity contribution in [3.05, 3.63) is 29.3 Å². The van der Waals surface area contributed by atoms with Crippen LogP contribution in [0, 0.1) is 6.92 Å². The quantitative estimate of drug-likeness (QED) is 0.490. The van der Waals surface area contributed by atoms with Crippen molar-refractivity contribution in [2.24, 2.45) is 0 Å². The van der Waals surface area contributed by atoms with E-state index in [1.54, 1.807) is 13.0 Å². The number of rotatable bonds is 2. The Kier molecular flexibility index (Phi) is 5.50. The van der Waals surface area contributed by atoms with E-state index < -0.39 is 10.1 Å². The molecule has 0 fully saturated rings. The van der Waals surface area contributed by atoms with Crippen LogP contribution in [0.3, 0.4) is 0 Å². The van der Waals surface area contributed by atoms with Gasteiger partial charge < -0.3 is 4.55 Å².